The molecule has 9 rings (SSSR count). The quantitative estimate of drug-likeness (QED) is 0.107. The largest absolute Gasteiger partial charge is 0.510 e. The van der Waals surface area contributed by atoms with E-state index in [1.165, 1.54) is 22.3 Å². The number of hydrogen-bond acceptors (Lipinski definition) is 2. The van der Waals surface area contributed by atoms with E-state index in [0.29, 0.717) is 11.5 Å². The average Bonchev–Trinajstić information content (AvgIpc) is 3.88. The summed E-state index contributed by atoms with van der Waals surface area (Å²) in [7, 11) is 0. The van der Waals surface area contributed by atoms with Gasteiger partial charge in [-0.2, -0.15) is 12.1 Å². The van der Waals surface area contributed by atoms with E-state index in [4.69, 9.17) is 9.72 Å². The maximum Gasteiger partial charge on any atom is 0.267 e. The van der Waals surface area contributed by atoms with Crippen LogP contribution < -0.4 is 9.30 Å². The van der Waals surface area contributed by atoms with Gasteiger partial charge in [0.1, 0.15) is 5.82 Å². The summed E-state index contributed by atoms with van der Waals surface area (Å²) in [6.45, 7) is 15.7. The molecule has 3 aromatic heterocycles. The molecule has 6 aromatic carbocycles. The van der Waals surface area contributed by atoms with Gasteiger partial charge in [0.2, 0.25) is 0 Å². The maximum atomic E-state index is 6.79. The molecule has 60 heavy (non-hydrogen) atoms. The van der Waals surface area contributed by atoms with Crippen LogP contribution in [0.4, 0.5) is 0 Å². The fourth-order valence-electron chi connectivity index (χ4n) is 8.05. The Balaban J connectivity index is 0.00000499. The van der Waals surface area contributed by atoms with Crippen molar-refractivity contribution < 1.29 is 30.4 Å². The third kappa shape index (κ3) is 7.64. The van der Waals surface area contributed by atoms with Crippen LogP contribution in [0.1, 0.15) is 76.3 Å². The van der Waals surface area contributed by atoms with E-state index in [9.17, 15) is 0 Å². The first kappa shape index (κ1) is 40.7. The molecule has 0 aliphatic rings. The maximum absolute atomic E-state index is 6.79. The Morgan fingerprint density at radius 1 is 0.567 bits per heavy atom. The summed E-state index contributed by atoms with van der Waals surface area (Å²) in [4.78, 5) is 4.86. The van der Waals surface area contributed by atoms with Gasteiger partial charge in [-0.15, -0.1) is 35.2 Å². The van der Waals surface area contributed by atoms with E-state index in [1.807, 2.05) is 33.8 Å². The van der Waals surface area contributed by atoms with E-state index >= 15 is 0 Å². The summed E-state index contributed by atoms with van der Waals surface area (Å²) < 4.78 is 13.0. The molecule has 0 saturated carbocycles. The number of hydrogen-bond donors (Lipinski definition) is 0. The van der Waals surface area contributed by atoms with Crippen LogP contribution >= 0.6 is 0 Å². The van der Waals surface area contributed by atoms with Gasteiger partial charge in [-0.1, -0.05) is 145 Å². The Morgan fingerprint density at radius 3 is 1.95 bits per heavy atom. The molecule has 0 amide bonds. The predicted octanol–water partition coefficient (Wildman–Crippen LogP) is 12.4. The standard InChI is InChI=1S/C54H48N4O.Pt/c1-52(2,3)40-27-28-55-51(34-40)58-49-24-15-14-23-47(49)48-26-25-45(36-50(48)58)59-46-33-42(54(6,7)39-19-12-9-13-20-39)32-44(35-46)57-30-29-56(37-57)43-22-16-21-41(31-43)53(4,5)38-17-10-8-11-18-38;/h8-34H,1-7H3;/q-2;. The molecule has 0 unspecified atom stereocenters. The summed E-state index contributed by atoms with van der Waals surface area (Å²) in [5, 5.41) is 2.22. The molecule has 6 heteroatoms. The fraction of sp³-hybridized carbons (Fsp3) is 0.185. The third-order valence-electron chi connectivity index (χ3n) is 11.8. The number of rotatable bonds is 9. The second-order valence-corrected chi connectivity index (χ2v) is 17.5. The molecule has 5 nitrogen and oxygen atoms in total. The van der Waals surface area contributed by atoms with Crippen LogP contribution in [0.5, 0.6) is 11.5 Å². The van der Waals surface area contributed by atoms with E-state index in [0.717, 1.165) is 44.6 Å². The van der Waals surface area contributed by atoms with Gasteiger partial charge in [0.25, 0.3) is 6.33 Å². The first-order valence-electron chi connectivity index (χ1n) is 20.3. The monoisotopic (exact) mass is 963 g/mol. The summed E-state index contributed by atoms with van der Waals surface area (Å²) >= 11 is 0. The minimum Gasteiger partial charge on any atom is -0.510 e. The number of nitrogens with zero attached hydrogens (tertiary/aromatic N) is 4. The molecule has 0 fully saturated rings. The normalized spacial score (nSPS) is 12.1. The van der Waals surface area contributed by atoms with Gasteiger partial charge >= 0.3 is 0 Å². The molecular formula is C54H48N4OPt-2. The number of aromatic nitrogens is 4. The topological polar surface area (TPSA) is 35.9 Å². The SMILES string of the molecule is CC(C)(C)c1ccnc(-n2c3[c-]c(Oc4[c-]c(-n5[c-][n+](-c6cccc(C(C)(C)c7ccccc7)c6)cc5)cc(C(C)(C)c5ccccc5)c4)ccc3c3ccccc32)c1.[Pt]. The van der Waals surface area contributed by atoms with Crippen molar-refractivity contribution in [1.29, 1.82) is 0 Å². The van der Waals surface area contributed by atoms with Gasteiger partial charge in [0, 0.05) is 62.1 Å². The average molecular weight is 964 g/mol. The molecule has 0 N–H and O–H groups in total. The molecule has 0 saturated heterocycles. The van der Waals surface area contributed by atoms with Crippen LogP contribution in [0.25, 0.3) is 39.0 Å². The first-order chi connectivity index (χ1) is 28.4. The minimum atomic E-state index is -0.340. The number of ether oxygens (including phenoxy) is 1. The second-order valence-electron chi connectivity index (χ2n) is 17.5. The summed E-state index contributed by atoms with van der Waals surface area (Å²) in [5.41, 5.74) is 9.30. The Bertz CT molecular complexity index is 2950. The van der Waals surface area contributed by atoms with Gasteiger partial charge in [-0.05, 0) is 74.5 Å². The van der Waals surface area contributed by atoms with Gasteiger partial charge in [-0.3, -0.25) is 4.57 Å². The van der Waals surface area contributed by atoms with E-state index in [1.54, 1.807) is 0 Å². The Labute approximate surface area is 368 Å². The molecule has 0 aliphatic carbocycles. The zero-order valence-electron chi connectivity index (χ0n) is 35.1. The fourth-order valence-corrected chi connectivity index (χ4v) is 8.05. The molecule has 0 spiro atoms. The Hall–Kier alpha value is -6.03. The van der Waals surface area contributed by atoms with Crippen molar-refractivity contribution in [3.05, 3.63) is 210 Å². The van der Waals surface area contributed by atoms with Crippen LogP contribution in [0.3, 0.4) is 0 Å². The van der Waals surface area contributed by atoms with Crippen LogP contribution in [0.15, 0.2) is 164 Å². The Morgan fingerprint density at radius 2 is 1.23 bits per heavy atom. The van der Waals surface area contributed by atoms with E-state index < -0.39 is 0 Å². The molecule has 9 aromatic rings. The van der Waals surface area contributed by atoms with E-state index in [-0.39, 0.29) is 37.3 Å². The number of fused-ring (bicyclic) bond motifs is 3. The van der Waals surface area contributed by atoms with Crippen LogP contribution in [-0.2, 0) is 37.3 Å². The molecule has 3 heterocycles. The van der Waals surface area contributed by atoms with Crippen molar-refractivity contribution in [3.63, 3.8) is 0 Å². The van der Waals surface area contributed by atoms with Gasteiger partial charge in [-0.25, -0.2) is 4.98 Å². The predicted molar refractivity (Wildman–Crippen MR) is 238 cm³/mol. The van der Waals surface area contributed by atoms with Crippen LogP contribution in [-0.4, -0.2) is 14.1 Å². The summed E-state index contributed by atoms with van der Waals surface area (Å²) in [5.74, 6) is 2.03. The first-order valence-corrected chi connectivity index (χ1v) is 20.3. The Kier molecular flexibility index (Phi) is 10.8. The van der Waals surface area contributed by atoms with Gasteiger partial charge in [0.15, 0.2) is 0 Å². The van der Waals surface area contributed by atoms with Gasteiger partial charge in [0.05, 0.1) is 5.69 Å². The third-order valence-corrected chi connectivity index (χ3v) is 11.8. The molecule has 302 valence electrons. The van der Waals surface area contributed by atoms with Gasteiger partial charge < -0.3 is 13.9 Å². The zero-order valence-corrected chi connectivity index (χ0v) is 37.4. The van der Waals surface area contributed by atoms with E-state index in [2.05, 4.69) is 211 Å². The molecule has 0 radical (unpaired) electrons. The molecular weight excluding hydrogens is 916 g/mol. The summed E-state index contributed by atoms with van der Waals surface area (Å²) in [6.07, 6.45) is 9.55. The van der Waals surface area contributed by atoms with Crippen molar-refractivity contribution in [2.24, 2.45) is 0 Å². The molecule has 0 aliphatic heterocycles. The van der Waals surface area contributed by atoms with Crippen molar-refractivity contribution in [2.45, 2.75) is 64.7 Å². The zero-order chi connectivity index (χ0) is 40.9. The second kappa shape index (κ2) is 15.9. The smallest absolute Gasteiger partial charge is 0.267 e. The van der Waals surface area contributed by atoms with Crippen molar-refractivity contribution >= 4 is 21.8 Å². The van der Waals surface area contributed by atoms with Crippen molar-refractivity contribution in [3.8, 4) is 28.7 Å². The number of para-hydroxylation sites is 1. The molecule has 0 bridgehead atoms. The van der Waals surface area contributed by atoms with Crippen molar-refractivity contribution in [1.82, 2.24) is 14.1 Å². The van der Waals surface area contributed by atoms with Crippen LogP contribution in [0, 0.1) is 18.5 Å². The van der Waals surface area contributed by atoms with Crippen LogP contribution in [0.2, 0.25) is 0 Å². The molecule has 0 atom stereocenters. The number of pyridine rings is 1. The minimum absolute atomic E-state index is 0. The number of benzene rings is 6. The number of imidazole rings is 1. The van der Waals surface area contributed by atoms with Crippen molar-refractivity contribution in [2.75, 3.05) is 0 Å². The summed E-state index contributed by atoms with van der Waals surface area (Å²) in [6, 6.07) is 58.4.